The van der Waals surface area contributed by atoms with Gasteiger partial charge in [0.25, 0.3) is 0 Å². The zero-order valence-corrected chi connectivity index (χ0v) is 21.7. The Bertz CT molecular complexity index is 1170. The number of ether oxygens (including phenoxy) is 2. The van der Waals surface area contributed by atoms with Crippen LogP contribution in [0.2, 0.25) is 0 Å². The number of carboxylic acids is 1. The molecule has 2 aliphatic rings. The minimum Gasteiger partial charge on any atom is -0.480 e. The molecule has 3 N–H and O–H groups in total. The predicted molar refractivity (Wildman–Crippen MR) is 139 cm³/mol. The van der Waals surface area contributed by atoms with Gasteiger partial charge < -0.3 is 30.1 Å². The summed E-state index contributed by atoms with van der Waals surface area (Å²) in [6.45, 7) is 6.57. The van der Waals surface area contributed by atoms with Crippen LogP contribution in [-0.4, -0.2) is 72.0 Å². The van der Waals surface area contributed by atoms with E-state index in [-0.39, 0.29) is 25.0 Å². The van der Waals surface area contributed by atoms with Gasteiger partial charge in [0.2, 0.25) is 5.91 Å². The second-order valence-corrected chi connectivity index (χ2v) is 10.6. The maximum atomic E-state index is 12.5. The third kappa shape index (κ3) is 6.42. The molecule has 0 saturated carbocycles. The van der Waals surface area contributed by atoms with Crippen molar-refractivity contribution in [2.24, 2.45) is 5.92 Å². The molecule has 10 heteroatoms. The van der Waals surface area contributed by atoms with Gasteiger partial charge in [-0.05, 0) is 43.0 Å². The molecule has 0 bridgehead atoms. The van der Waals surface area contributed by atoms with E-state index in [2.05, 4.69) is 10.6 Å². The molecule has 0 aromatic heterocycles. The summed E-state index contributed by atoms with van der Waals surface area (Å²) in [5.74, 6) is -1.98. The third-order valence-electron chi connectivity index (χ3n) is 6.52. The highest BCUT2D eigenvalue weighted by Crippen LogP contribution is 2.44. The van der Waals surface area contributed by atoms with Crippen molar-refractivity contribution in [3.8, 4) is 11.1 Å². The van der Waals surface area contributed by atoms with Crippen LogP contribution in [0, 0.1) is 5.92 Å². The van der Waals surface area contributed by atoms with Crippen molar-refractivity contribution in [2.45, 2.75) is 44.8 Å². The topological polar surface area (TPSA) is 134 Å². The molecule has 1 aliphatic carbocycles. The Labute approximate surface area is 221 Å². The lowest BCUT2D eigenvalue weighted by Gasteiger charge is -2.39. The van der Waals surface area contributed by atoms with Gasteiger partial charge in [-0.2, -0.15) is 0 Å². The molecular formula is C28H33N3O7. The van der Waals surface area contributed by atoms with E-state index in [0.29, 0.717) is 13.1 Å². The highest BCUT2D eigenvalue weighted by molar-refractivity contribution is 5.87. The average Bonchev–Trinajstić information content (AvgIpc) is 3.14. The van der Waals surface area contributed by atoms with Crippen molar-refractivity contribution >= 4 is 24.1 Å². The third-order valence-corrected chi connectivity index (χ3v) is 6.52. The van der Waals surface area contributed by atoms with E-state index in [9.17, 15) is 24.3 Å². The molecule has 1 fully saturated rings. The molecule has 4 rings (SSSR count). The monoisotopic (exact) mass is 523 g/mol. The Balaban J connectivity index is 1.23. The highest BCUT2D eigenvalue weighted by Gasteiger charge is 2.34. The number of nitrogens with zero attached hydrogens (tertiary/aromatic N) is 1. The Hall–Kier alpha value is -4.08. The first kappa shape index (κ1) is 27.0. The van der Waals surface area contributed by atoms with Gasteiger partial charge >= 0.3 is 18.2 Å². The first-order chi connectivity index (χ1) is 18.0. The van der Waals surface area contributed by atoms with Crippen LogP contribution < -0.4 is 10.6 Å². The molecule has 1 heterocycles. The number of benzene rings is 2. The summed E-state index contributed by atoms with van der Waals surface area (Å²) in [5, 5.41) is 14.5. The van der Waals surface area contributed by atoms with Crippen LogP contribution in [0.3, 0.4) is 0 Å². The largest absolute Gasteiger partial charge is 0.480 e. The summed E-state index contributed by atoms with van der Waals surface area (Å²) < 4.78 is 10.7. The van der Waals surface area contributed by atoms with Crippen LogP contribution in [0.25, 0.3) is 11.1 Å². The Morgan fingerprint density at radius 2 is 1.58 bits per heavy atom. The summed E-state index contributed by atoms with van der Waals surface area (Å²) in [6, 6.07) is 14.3. The van der Waals surface area contributed by atoms with Crippen molar-refractivity contribution < 1.29 is 33.8 Å². The number of carbonyl (C=O) groups is 4. The molecule has 10 nitrogen and oxygen atoms in total. The Morgan fingerprint density at radius 1 is 1.00 bits per heavy atom. The number of fused-ring (bicyclic) bond motifs is 3. The number of hydrogen-bond donors (Lipinski definition) is 3. The van der Waals surface area contributed by atoms with Gasteiger partial charge in [-0.3, -0.25) is 4.79 Å². The maximum absolute atomic E-state index is 12.5. The quantitative estimate of drug-likeness (QED) is 0.483. The molecule has 0 unspecified atom stereocenters. The highest BCUT2D eigenvalue weighted by atomic mass is 16.6. The molecule has 0 spiro atoms. The molecule has 1 atom stereocenters. The van der Waals surface area contributed by atoms with E-state index in [1.165, 1.54) is 0 Å². The van der Waals surface area contributed by atoms with E-state index in [1.54, 1.807) is 25.7 Å². The van der Waals surface area contributed by atoms with Gasteiger partial charge in [0.15, 0.2) is 0 Å². The summed E-state index contributed by atoms with van der Waals surface area (Å²) in [7, 11) is 0. The van der Waals surface area contributed by atoms with Crippen molar-refractivity contribution in [3.63, 3.8) is 0 Å². The van der Waals surface area contributed by atoms with Crippen molar-refractivity contribution in [2.75, 3.05) is 26.2 Å². The lowest BCUT2D eigenvalue weighted by atomic mass is 9.98. The number of likely N-dealkylation sites (tertiary alicyclic amines) is 1. The lowest BCUT2D eigenvalue weighted by Crippen LogP contribution is -2.55. The van der Waals surface area contributed by atoms with Crippen LogP contribution in [0.4, 0.5) is 9.59 Å². The summed E-state index contributed by atoms with van der Waals surface area (Å²) >= 11 is 0. The van der Waals surface area contributed by atoms with Crippen LogP contribution in [0.15, 0.2) is 48.5 Å². The van der Waals surface area contributed by atoms with E-state index >= 15 is 0 Å². The number of carbonyl (C=O) groups excluding carboxylic acids is 3. The second kappa shape index (κ2) is 11.1. The summed E-state index contributed by atoms with van der Waals surface area (Å²) in [5.41, 5.74) is 3.66. The molecule has 3 amide bonds. The fourth-order valence-corrected chi connectivity index (χ4v) is 4.67. The molecular weight excluding hydrogens is 490 g/mol. The van der Waals surface area contributed by atoms with Crippen LogP contribution in [0.5, 0.6) is 0 Å². The SMILES string of the molecule is CC(C)(C)OC(=O)N1CC(CNC(=O)C[C@H](NC(=O)OCC2c3ccccc3-c3ccccc32)C(=O)O)C1. The minimum absolute atomic E-state index is 0.0359. The molecule has 1 saturated heterocycles. The van der Waals surface area contributed by atoms with Gasteiger partial charge in [-0.1, -0.05) is 48.5 Å². The number of rotatable bonds is 8. The minimum atomic E-state index is -1.44. The molecule has 2 aromatic carbocycles. The number of hydrogen-bond acceptors (Lipinski definition) is 6. The van der Waals surface area contributed by atoms with Crippen molar-refractivity contribution in [3.05, 3.63) is 59.7 Å². The second-order valence-electron chi connectivity index (χ2n) is 10.6. The summed E-state index contributed by atoms with van der Waals surface area (Å²) in [6.07, 6.45) is -1.75. The predicted octanol–water partition coefficient (Wildman–Crippen LogP) is 3.35. The Kier molecular flexibility index (Phi) is 7.89. The van der Waals surface area contributed by atoms with E-state index in [4.69, 9.17) is 9.47 Å². The Morgan fingerprint density at radius 3 is 2.13 bits per heavy atom. The van der Waals surface area contributed by atoms with Gasteiger partial charge in [0.1, 0.15) is 18.2 Å². The normalized spacial score (nSPS) is 15.5. The van der Waals surface area contributed by atoms with Crippen LogP contribution in [0.1, 0.15) is 44.2 Å². The van der Waals surface area contributed by atoms with Crippen LogP contribution >= 0.6 is 0 Å². The van der Waals surface area contributed by atoms with Crippen molar-refractivity contribution in [1.82, 2.24) is 15.5 Å². The van der Waals surface area contributed by atoms with E-state index in [0.717, 1.165) is 22.3 Å². The number of aliphatic carboxylic acids is 1. The van der Waals surface area contributed by atoms with Gasteiger partial charge in [-0.25, -0.2) is 14.4 Å². The zero-order chi connectivity index (χ0) is 27.4. The van der Waals surface area contributed by atoms with Crippen molar-refractivity contribution in [1.29, 1.82) is 0 Å². The van der Waals surface area contributed by atoms with Gasteiger partial charge in [0, 0.05) is 31.5 Å². The van der Waals surface area contributed by atoms with Gasteiger partial charge in [-0.15, -0.1) is 0 Å². The summed E-state index contributed by atoms with van der Waals surface area (Å²) in [4.78, 5) is 50.1. The maximum Gasteiger partial charge on any atom is 0.410 e. The zero-order valence-electron chi connectivity index (χ0n) is 21.7. The number of alkyl carbamates (subject to hydrolysis) is 1. The first-order valence-electron chi connectivity index (χ1n) is 12.6. The van der Waals surface area contributed by atoms with Gasteiger partial charge in [0.05, 0.1) is 6.42 Å². The molecule has 202 valence electrons. The molecule has 0 radical (unpaired) electrons. The molecule has 1 aliphatic heterocycles. The first-order valence-corrected chi connectivity index (χ1v) is 12.6. The van der Waals surface area contributed by atoms with Crippen LogP contribution in [-0.2, 0) is 19.1 Å². The fourth-order valence-electron chi connectivity index (χ4n) is 4.67. The fraction of sp³-hybridized carbons (Fsp3) is 0.429. The molecule has 2 aromatic rings. The average molecular weight is 524 g/mol. The smallest absolute Gasteiger partial charge is 0.410 e. The van der Waals surface area contributed by atoms with E-state index in [1.807, 2.05) is 48.5 Å². The lowest BCUT2D eigenvalue weighted by molar-refractivity contribution is -0.141. The number of amides is 3. The van der Waals surface area contributed by atoms with E-state index < -0.39 is 42.1 Å². The molecule has 38 heavy (non-hydrogen) atoms. The number of carboxylic acid groups (broad SMARTS) is 1. The standard InChI is InChI=1S/C28H33N3O7/c1-28(2,3)38-27(36)31-14-17(15-31)13-29-24(32)12-23(25(33)34)30-26(35)37-16-22-20-10-6-4-8-18(20)19-9-5-7-11-21(19)22/h4-11,17,22-23H,12-16H2,1-3H3,(H,29,32)(H,30,35)(H,33,34)/t23-/m0/s1. The number of nitrogens with one attached hydrogen (secondary N) is 2.